The van der Waals surface area contributed by atoms with Crippen LogP contribution in [0.15, 0.2) is 65.6 Å². The summed E-state index contributed by atoms with van der Waals surface area (Å²) in [7, 11) is -2.63. The van der Waals surface area contributed by atoms with E-state index < -0.39 is 34.1 Å². The van der Waals surface area contributed by atoms with E-state index in [0.29, 0.717) is 19.6 Å². The molecule has 3 atom stereocenters. The number of methoxy groups -OCH3 is 1. The van der Waals surface area contributed by atoms with Crippen LogP contribution in [0.2, 0.25) is 0 Å². The molecule has 1 amide bonds. The number of esters is 1. The van der Waals surface area contributed by atoms with Crippen molar-refractivity contribution < 1.29 is 27.5 Å². The van der Waals surface area contributed by atoms with E-state index in [1.807, 2.05) is 30.3 Å². The summed E-state index contributed by atoms with van der Waals surface area (Å²) in [6.45, 7) is 1.05. The lowest BCUT2D eigenvalue weighted by molar-refractivity contribution is -0.151. The Kier molecular flexibility index (Phi) is 10.7. The smallest absolute Gasteiger partial charge is 0.328 e. The van der Waals surface area contributed by atoms with E-state index in [1.54, 1.807) is 30.3 Å². The van der Waals surface area contributed by atoms with Crippen molar-refractivity contribution in [3.05, 3.63) is 66.2 Å². The summed E-state index contributed by atoms with van der Waals surface area (Å²) in [5.41, 5.74) is 7.48. The van der Waals surface area contributed by atoms with Gasteiger partial charge in [0.1, 0.15) is 6.04 Å². The first-order valence-electron chi connectivity index (χ1n) is 14.2. The molecule has 2 aromatic carbocycles. The molecule has 4 rings (SSSR count). The van der Waals surface area contributed by atoms with Crippen molar-refractivity contribution in [1.29, 1.82) is 0 Å². The van der Waals surface area contributed by atoms with Crippen molar-refractivity contribution in [2.75, 3.05) is 26.8 Å². The van der Waals surface area contributed by atoms with Crippen LogP contribution in [0.25, 0.3) is 0 Å². The van der Waals surface area contributed by atoms with E-state index >= 15 is 0 Å². The monoisotopic (exact) mass is 571 g/mol. The predicted octanol–water partition coefficient (Wildman–Crippen LogP) is 3.33. The molecule has 10 heteroatoms. The highest BCUT2D eigenvalue weighted by Gasteiger charge is 2.47. The molecule has 1 saturated carbocycles. The Hall–Kier alpha value is -2.79. The van der Waals surface area contributed by atoms with Crippen LogP contribution in [0.1, 0.15) is 50.5 Å². The molecule has 3 unspecified atom stereocenters. The topological polar surface area (TPSA) is 119 Å². The van der Waals surface area contributed by atoms with Gasteiger partial charge >= 0.3 is 5.97 Å². The Morgan fingerprint density at radius 3 is 2.33 bits per heavy atom. The second-order valence-electron chi connectivity index (χ2n) is 10.7. The van der Waals surface area contributed by atoms with E-state index in [-0.39, 0.29) is 36.2 Å². The number of sulfonamides is 1. The van der Waals surface area contributed by atoms with Gasteiger partial charge in [0.05, 0.1) is 24.7 Å². The van der Waals surface area contributed by atoms with Crippen LogP contribution >= 0.6 is 0 Å². The second kappa shape index (κ2) is 14.2. The summed E-state index contributed by atoms with van der Waals surface area (Å²) < 4.78 is 40.0. The Labute approximate surface area is 237 Å². The molecule has 0 spiro atoms. The van der Waals surface area contributed by atoms with Crippen LogP contribution < -0.4 is 5.73 Å². The van der Waals surface area contributed by atoms with Crippen LogP contribution in [0.3, 0.4) is 0 Å². The van der Waals surface area contributed by atoms with Gasteiger partial charge in [0.25, 0.3) is 0 Å². The van der Waals surface area contributed by atoms with E-state index in [0.717, 1.165) is 37.7 Å². The lowest BCUT2D eigenvalue weighted by atomic mass is 9.83. The predicted molar refractivity (Wildman–Crippen MR) is 152 cm³/mol. The molecule has 218 valence electrons. The number of hydrogen-bond acceptors (Lipinski definition) is 7. The number of amides is 1. The van der Waals surface area contributed by atoms with E-state index in [1.165, 1.54) is 16.3 Å². The van der Waals surface area contributed by atoms with Crippen molar-refractivity contribution >= 4 is 21.9 Å². The number of carbonyl (C=O) groups is 2. The number of likely N-dealkylation sites (tertiary alicyclic amines) is 1. The summed E-state index contributed by atoms with van der Waals surface area (Å²) in [5, 5.41) is 0. The summed E-state index contributed by atoms with van der Waals surface area (Å²) in [6.07, 6.45) is 5.55. The average molecular weight is 572 g/mol. The highest BCUT2D eigenvalue weighted by Crippen LogP contribution is 2.31. The third-order valence-corrected chi connectivity index (χ3v) is 9.98. The minimum atomic E-state index is -3.91. The Morgan fingerprint density at radius 1 is 1.02 bits per heavy atom. The van der Waals surface area contributed by atoms with Gasteiger partial charge < -0.3 is 20.1 Å². The SMILES string of the molecule is COC(=O)C1CC(N(CCCOCc2ccccc2)S(=O)(=O)c2ccccc2)CN1C(=O)C(N)C1CCCCC1. The molecule has 1 saturated heterocycles. The summed E-state index contributed by atoms with van der Waals surface area (Å²) in [4.78, 5) is 28.0. The zero-order chi connectivity index (χ0) is 28.5. The number of nitrogens with zero attached hydrogens (tertiary/aromatic N) is 2. The molecule has 1 heterocycles. The van der Waals surface area contributed by atoms with E-state index in [4.69, 9.17) is 15.2 Å². The molecule has 0 aromatic heterocycles. The zero-order valence-corrected chi connectivity index (χ0v) is 24.0. The first kappa shape index (κ1) is 30.2. The second-order valence-corrected chi connectivity index (χ2v) is 12.6. The Bertz CT molecular complexity index is 1200. The molecule has 40 heavy (non-hydrogen) atoms. The van der Waals surface area contributed by atoms with Crippen LogP contribution in [-0.2, 0) is 35.7 Å². The number of ether oxygens (including phenoxy) is 2. The van der Waals surface area contributed by atoms with E-state index in [9.17, 15) is 18.0 Å². The number of carbonyl (C=O) groups excluding carboxylic acids is 2. The molecule has 2 N–H and O–H groups in total. The fourth-order valence-corrected chi connectivity index (χ4v) is 7.51. The highest BCUT2D eigenvalue weighted by molar-refractivity contribution is 7.89. The van der Waals surface area contributed by atoms with Crippen LogP contribution in [0.4, 0.5) is 0 Å². The largest absolute Gasteiger partial charge is 0.467 e. The van der Waals surface area contributed by atoms with Gasteiger partial charge in [-0.2, -0.15) is 4.31 Å². The Balaban J connectivity index is 1.51. The molecule has 0 radical (unpaired) electrons. The molecule has 2 fully saturated rings. The molecular weight excluding hydrogens is 530 g/mol. The highest BCUT2D eigenvalue weighted by atomic mass is 32.2. The minimum Gasteiger partial charge on any atom is -0.467 e. The lowest BCUT2D eigenvalue weighted by Crippen LogP contribution is -2.52. The maximum atomic E-state index is 13.8. The van der Waals surface area contributed by atoms with Crippen molar-refractivity contribution in [2.45, 2.75) is 74.6 Å². The van der Waals surface area contributed by atoms with Gasteiger partial charge in [-0.05, 0) is 49.3 Å². The van der Waals surface area contributed by atoms with Crippen molar-refractivity contribution in [3.8, 4) is 0 Å². The fraction of sp³-hybridized carbons (Fsp3) is 0.533. The molecule has 2 aromatic rings. The van der Waals surface area contributed by atoms with Gasteiger partial charge in [-0.15, -0.1) is 0 Å². The van der Waals surface area contributed by atoms with Crippen molar-refractivity contribution in [2.24, 2.45) is 11.7 Å². The van der Waals surface area contributed by atoms with Crippen molar-refractivity contribution in [3.63, 3.8) is 0 Å². The third kappa shape index (κ3) is 7.28. The molecule has 9 nitrogen and oxygen atoms in total. The van der Waals surface area contributed by atoms with Crippen LogP contribution in [0.5, 0.6) is 0 Å². The van der Waals surface area contributed by atoms with Gasteiger partial charge in [0.2, 0.25) is 15.9 Å². The molecule has 2 aliphatic rings. The van der Waals surface area contributed by atoms with Gasteiger partial charge in [0.15, 0.2) is 0 Å². The first-order chi connectivity index (χ1) is 19.3. The fourth-order valence-electron chi connectivity index (χ4n) is 5.83. The van der Waals surface area contributed by atoms with Crippen LogP contribution in [-0.4, -0.2) is 74.4 Å². The van der Waals surface area contributed by atoms with Crippen LogP contribution in [0, 0.1) is 5.92 Å². The van der Waals surface area contributed by atoms with Gasteiger partial charge in [-0.1, -0.05) is 67.8 Å². The first-order valence-corrected chi connectivity index (χ1v) is 15.6. The zero-order valence-electron chi connectivity index (χ0n) is 23.2. The average Bonchev–Trinajstić information content (AvgIpc) is 3.44. The molecule has 0 bridgehead atoms. The number of nitrogens with two attached hydrogens (primary N) is 1. The van der Waals surface area contributed by atoms with Gasteiger partial charge in [-0.3, -0.25) is 4.79 Å². The number of benzene rings is 2. The summed E-state index contributed by atoms with van der Waals surface area (Å²) >= 11 is 0. The summed E-state index contributed by atoms with van der Waals surface area (Å²) in [5.74, 6) is -0.812. The standard InChI is InChI=1S/C30H41N3O6S/c1-38-30(35)27-20-25(21-32(27)29(34)28(31)24-14-7-3-8-15-24)33(40(36,37)26-16-9-4-10-17-26)18-11-19-39-22-23-12-5-2-6-13-23/h2,4-6,9-10,12-13,16-17,24-25,27-28H,3,7-8,11,14-15,18-22,31H2,1H3. The number of rotatable bonds is 12. The molecule has 1 aliphatic carbocycles. The van der Waals surface area contributed by atoms with Gasteiger partial charge in [0, 0.05) is 25.7 Å². The molecular formula is C30H41N3O6S. The minimum absolute atomic E-state index is 0.0597. The Morgan fingerprint density at radius 2 is 1.68 bits per heavy atom. The van der Waals surface area contributed by atoms with E-state index in [2.05, 4.69) is 0 Å². The normalized spacial score (nSPS) is 20.9. The maximum Gasteiger partial charge on any atom is 0.328 e. The lowest BCUT2D eigenvalue weighted by Gasteiger charge is -2.32. The summed E-state index contributed by atoms with van der Waals surface area (Å²) in [6, 6.07) is 15.8. The maximum absolute atomic E-state index is 13.8. The third-order valence-electron chi connectivity index (χ3n) is 8.01. The number of hydrogen-bond donors (Lipinski definition) is 1. The van der Waals surface area contributed by atoms with Gasteiger partial charge in [-0.25, -0.2) is 13.2 Å². The van der Waals surface area contributed by atoms with Crippen molar-refractivity contribution in [1.82, 2.24) is 9.21 Å². The quantitative estimate of drug-likeness (QED) is 0.307. The molecule has 1 aliphatic heterocycles.